The summed E-state index contributed by atoms with van der Waals surface area (Å²) < 4.78 is 46.0. The molecule has 2 aliphatic rings. The van der Waals surface area contributed by atoms with E-state index >= 15 is 0 Å². The molecular formula is C24H28F3NO4. The molecule has 1 heterocycles. The van der Waals surface area contributed by atoms with Crippen molar-refractivity contribution in [2.45, 2.75) is 59.6 Å². The number of esters is 1. The summed E-state index contributed by atoms with van der Waals surface area (Å²) >= 11 is 0. The number of benzene rings is 1. The summed E-state index contributed by atoms with van der Waals surface area (Å²) in [6.07, 6.45) is -3.69. The van der Waals surface area contributed by atoms with Crippen molar-refractivity contribution in [1.82, 2.24) is 5.32 Å². The van der Waals surface area contributed by atoms with Crippen molar-refractivity contribution >= 4 is 11.8 Å². The van der Waals surface area contributed by atoms with Gasteiger partial charge in [0.2, 0.25) is 0 Å². The molecule has 5 nitrogen and oxygen atoms in total. The molecule has 0 spiro atoms. The Labute approximate surface area is 185 Å². The summed E-state index contributed by atoms with van der Waals surface area (Å²) in [6, 6.07) is 3.09. The molecule has 1 aromatic rings. The maximum Gasteiger partial charge on any atom is 0.419 e. The SMILES string of the molecule is CC1=C(C(=O)OCC(C)C)C(c2ccc(O)c(C(F)(F)F)c2)C2=C(CCC(C)(C)C2=O)N1. The molecule has 1 aliphatic carbocycles. The Balaban J connectivity index is 2.21. The molecule has 0 radical (unpaired) electrons. The van der Waals surface area contributed by atoms with Crippen LogP contribution in [0.3, 0.4) is 0 Å². The van der Waals surface area contributed by atoms with Crippen LogP contribution < -0.4 is 5.32 Å². The fraction of sp³-hybridized carbons (Fsp3) is 0.500. The van der Waals surface area contributed by atoms with Crippen molar-refractivity contribution in [3.63, 3.8) is 0 Å². The fourth-order valence-electron chi connectivity index (χ4n) is 4.16. The van der Waals surface area contributed by atoms with Crippen LogP contribution in [-0.2, 0) is 20.5 Å². The number of aromatic hydroxyl groups is 1. The Morgan fingerprint density at radius 2 is 1.97 bits per heavy atom. The van der Waals surface area contributed by atoms with Crippen LogP contribution in [0.15, 0.2) is 40.7 Å². The Morgan fingerprint density at radius 1 is 1.31 bits per heavy atom. The molecule has 0 bridgehead atoms. The zero-order chi connectivity index (χ0) is 24.0. The van der Waals surface area contributed by atoms with Crippen molar-refractivity contribution in [3.8, 4) is 5.75 Å². The summed E-state index contributed by atoms with van der Waals surface area (Å²) in [5.41, 5.74) is -0.399. The van der Waals surface area contributed by atoms with Crippen LogP contribution in [0.1, 0.15) is 64.5 Å². The van der Waals surface area contributed by atoms with E-state index in [1.807, 2.05) is 13.8 Å². The number of halogens is 3. The predicted molar refractivity (Wildman–Crippen MR) is 113 cm³/mol. The van der Waals surface area contributed by atoms with Crippen LogP contribution >= 0.6 is 0 Å². The molecule has 8 heteroatoms. The van der Waals surface area contributed by atoms with Gasteiger partial charge in [-0.15, -0.1) is 0 Å². The summed E-state index contributed by atoms with van der Waals surface area (Å²) in [5.74, 6) is -2.79. The van der Waals surface area contributed by atoms with Crippen molar-refractivity contribution in [2.24, 2.45) is 11.3 Å². The number of rotatable bonds is 4. The lowest BCUT2D eigenvalue weighted by atomic mass is 9.67. The fourth-order valence-corrected chi connectivity index (χ4v) is 4.16. The van der Waals surface area contributed by atoms with Crippen LogP contribution in [0, 0.1) is 11.3 Å². The number of Topliss-reactive ketones (excluding diaryl/α,β-unsaturated/α-hetero) is 1. The molecule has 0 saturated heterocycles. The van der Waals surface area contributed by atoms with Gasteiger partial charge in [0.25, 0.3) is 0 Å². The third-order valence-corrected chi connectivity index (χ3v) is 5.93. The molecule has 0 amide bonds. The van der Waals surface area contributed by atoms with Gasteiger partial charge in [0.05, 0.1) is 17.7 Å². The van der Waals surface area contributed by atoms with Gasteiger partial charge in [-0.3, -0.25) is 4.79 Å². The molecule has 1 unspecified atom stereocenters. The number of carbonyl (C=O) groups excluding carboxylic acids is 2. The maximum absolute atomic E-state index is 13.5. The number of phenols is 1. The largest absolute Gasteiger partial charge is 0.507 e. The molecule has 1 atom stereocenters. The van der Waals surface area contributed by atoms with Gasteiger partial charge < -0.3 is 15.2 Å². The maximum atomic E-state index is 13.5. The second-order valence-corrected chi connectivity index (χ2v) is 9.47. The van der Waals surface area contributed by atoms with Crippen molar-refractivity contribution < 1.29 is 32.6 Å². The van der Waals surface area contributed by atoms with Crippen molar-refractivity contribution in [2.75, 3.05) is 6.61 Å². The minimum Gasteiger partial charge on any atom is -0.507 e. The highest BCUT2D eigenvalue weighted by Gasteiger charge is 2.46. The summed E-state index contributed by atoms with van der Waals surface area (Å²) in [4.78, 5) is 26.5. The highest BCUT2D eigenvalue weighted by Crippen LogP contribution is 2.48. The smallest absolute Gasteiger partial charge is 0.419 e. The van der Waals surface area contributed by atoms with Gasteiger partial charge in [-0.25, -0.2) is 4.79 Å². The van der Waals surface area contributed by atoms with Gasteiger partial charge >= 0.3 is 12.1 Å². The van der Waals surface area contributed by atoms with Gasteiger partial charge in [-0.2, -0.15) is 13.2 Å². The minimum atomic E-state index is -4.79. The molecule has 1 aliphatic heterocycles. The molecule has 174 valence electrons. The average molecular weight is 451 g/mol. The molecule has 2 N–H and O–H groups in total. The number of phenolic OH excluding ortho intramolecular Hbond substituents is 1. The summed E-state index contributed by atoms with van der Waals surface area (Å²) in [6.45, 7) is 9.10. The normalized spacial score (nSPS) is 20.9. The van der Waals surface area contributed by atoms with Gasteiger partial charge in [-0.1, -0.05) is 33.8 Å². The Kier molecular flexibility index (Phi) is 6.19. The second-order valence-electron chi connectivity index (χ2n) is 9.47. The highest BCUT2D eigenvalue weighted by atomic mass is 19.4. The molecule has 0 saturated carbocycles. The van der Waals surface area contributed by atoms with Crippen LogP contribution in [0.25, 0.3) is 0 Å². The van der Waals surface area contributed by atoms with E-state index < -0.39 is 34.8 Å². The molecular weight excluding hydrogens is 423 g/mol. The number of allylic oxidation sites excluding steroid dienone is 3. The van der Waals surface area contributed by atoms with E-state index in [1.165, 1.54) is 6.07 Å². The van der Waals surface area contributed by atoms with E-state index in [1.54, 1.807) is 20.8 Å². The third-order valence-electron chi connectivity index (χ3n) is 5.93. The first-order chi connectivity index (χ1) is 14.7. The number of hydrogen-bond donors (Lipinski definition) is 2. The molecule has 1 aromatic carbocycles. The first kappa shape index (κ1) is 23.9. The number of hydrogen-bond acceptors (Lipinski definition) is 5. The van der Waals surface area contributed by atoms with Crippen LogP contribution in [0.4, 0.5) is 13.2 Å². The van der Waals surface area contributed by atoms with Gasteiger partial charge in [0.15, 0.2) is 5.78 Å². The molecule has 32 heavy (non-hydrogen) atoms. The second kappa shape index (κ2) is 8.30. The van der Waals surface area contributed by atoms with Crippen molar-refractivity contribution in [1.29, 1.82) is 0 Å². The number of dihydropyridines is 1. The number of alkyl halides is 3. The van der Waals surface area contributed by atoms with E-state index in [9.17, 15) is 27.9 Å². The monoisotopic (exact) mass is 451 g/mol. The zero-order valence-corrected chi connectivity index (χ0v) is 18.8. The first-order valence-corrected chi connectivity index (χ1v) is 10.6. The lowest BCUT2D eigenvalue weighted by Crippen LogP contribution is -2.40. The van der Waals surface area contributed by atoms with Gasteiger partial charge in [0.1, 0.15) is 5.75 Å². The highest BCUT2D eigenvalue weighted by molar-refractivity contribution is 6.06. The average Bonchev–Trinajstić information content (AvgIpc) is 2.68. The molecule has 3 rings (SSSR count). The first-order valence-electron chi connectivity index (χ1n) is 10.6. The Bertz CT molecular complexity index is 1020. The summed E-state index contributed by atoms with van der Waals surface area (Å²) in [7, 11) is 0. The summed E-state index contributed by atoms with van der Waals surface area (Å²) in [5, 5.41) is 12.9. The predicted octanol–water partition coefficient (Wildman–Crippen LogP) is 5.21. The number of ketones is 1. The lowest BCUT2D eigenvalue weighted by molar-refractivity contribution is -0.140. The van der Waals surface area contributed by atoms with E-state index in [0.717, 1.165) is 12.1 Å². The van der Waals surface area contributed by atoms with E-state index in [-0.39, 0.29) is 35.0 Å². The standard InChI is InChI=1S/C24H28F3NO4/c1-12(2)11-32-22(31)18-13(3)28-16-8-9-23(4,5)21(30)20(16)19(18)14-6-7-17(29)15(10-14)24(25,26)27/h6-7,10,12,19,28-29H,8-9,11H2,1-5H3. The zero-order valence-electron chi connectivity index (χ0n) is 18.8. The third kappa shape index (κ3) is 4.40. The topological polar surface area (TPSA) is 75.6 Å². The van der Waals surface area contributed by atoms with E-state index in [0.29, 0.717) is 24.2 Å². The lowest BCUT2D eigenvalue weighted by Gasteiger charge is -2.39. The van der Waals surface area contributed by atoms with Crippen LogP contribution in [0.5, 0.6) is 5.75 Å². The quantitative estimate of drug-likeness (QED) is 0.615. The number of nitrogens with one attached hydrogen (secondary N) is 1. The van der Waals surface area contributed by atoms with Crippen LogP contribution in [0.2, 0.25) is 0 Å². The molecule has 0 aromatic heterocycles. The number of carbonyl (C=O) groups is 2. The van der Waals surface area contributed by atoms with E-state index in [4.69, 9.17) is 4.74 Å². The Morgan fingerprint density at radius 3 is 2.56 bits per heavy atom. The number of ether oxygens (including phenoxy) is 1. The Hall–Kier alpha value is -2.77. The minimum absolute atomic E-state index is 0.0605. The van der Waals surface area contributed by atoms with Crippen LogP contribution in [-0.4, -0.2) is 23.5 Å². The van der Waals surface area contributed by atoms with Gasteiger partial charge in [0, 0.05) is 28.3 Å². The van der Waals surface area contributed by atoms with Crippen molar-refractivity contribution in [3.05, 3.63) is 51.9 Å². The van der Waals surface area contributed by atoms with E-state index in [2.05, 4.69) is 5.32 Å². The molecule has 0 fully saturated rings. The van der Waals surface area contributed by atoms with Gasteiger partial charge in [-0.05, 0) is 43.4 Å².